The van der Waals surface area contributed by atoms with E-state index in [0.717, 1.165) is 5.69 Å². The number of anilines is 1. The molecule has 9 heteroatoms. The second kappa shape index (κ2) is 7.86. The van der Waals surface area contributed by atoms with Crippen molar-refractivity contribution >= 4 is 23.4 Å². The maximum absolute atomic E-state index is 14.8. The van der Waals surface area contributed by atoms with Crippen molar-refractivity contribution in [2.75, 3.05) is 18.0 Å². The molecule has 3 heterocycles. The lowest BCUT2D eigenvalue weighted by atomic mass is 10.0. The van der Waals surface area contributed by atoms with Crippen molar-refractivity contribution in [2.45, 2.75) is 25.6 Å². The molecule has 1 aromatic carbocycles. The lowest BCUT2D eigenvalue weighted by Crippen LogP contribution is -2.33. The lowest BCUT2D eigenvalue weighted by Gasteiger charge is -2.14. The number of benzene rings is 1. The number of carbonyl (C=O) groups is 2. The third-order valence-corrected chi connectivity index (χ3v) is 4.71. The first-order valence-electron chi connectivity index (χ1n) is 9.17. The van der Waals surface area contributed by atoms with Crippen molar-refractivity contribution in [2.24, 2.45) is 5.16 Å². The average Bonchev–Trinajstić information content (AvgIpc) is 3.34. The summed E-state index contributed by atoms with van der Waals surface area (Å²) in [7, 11) is 0. The van der Waals surface area contributed by atoms with Crippen molar-refractivity contribution in [3.63, 3.8) is 0 Å². The molecule has 1 fully saturated rings. The Hall–Kier alpha value is -3.49. The number of pyridine rings is 1. The number of aromatic nitrogens is 1. The molecule has 29 heavy (non-hydrogen) atoms. The van der Waals surface area contributed by atoms with Gasteiger partial charge in [0.05, 0.1) is 30.2 Å². The van der Waals surface area contributed by atoms with E-state index >= 15 is 0 Å². The van der Waals surface area contributed by atoms with Gasteiger partial charge in [0.2, 0.25) is 5.91 Å². The van der Waals surface area contributed by atoms with E-state index in [0.29, 0.717) is 23.4 Å². The monoisotopic (exact) mass is 398 g/mol. The number of halogens is 1. The number of hydrogen-bond donors (Lipinski definition) is 1. The van der Waals surface area contributed by atoms with E-state index in [-0.39, 0.29) is 25.1 Å². The van der Waals surface area contributed by atoms with E-state index in [2.05, 4.69) is 15.5 Å². The molecule has 0 radical (unpaired) electrons. The predicted molar refractivity (Wildman–Crippen MR) is 102 cm³/mol. The van der Waals surface area contributed by atoms with Crippen molar-refractivity contribution in [1.82, 2.24) is 10.3 Å². The first kappa shape index (κ1) is 18.9. The van der Waals surface area contributed by atoms with Crippen LogP contribution in [0.3, 0.4) is 0 Å². The molecule has 0 aliphatic carbocycles. The molecule has 4 rings (SSSR count). The number of carbonyl (C=O) groups excluding carboxylic acids is 2. The fraction of sp³-hybridized carbons (Fsp3) is 0.300. The average molecular weight is 398 g/mol. The Labute approximate surface area is 166 Å². The molecule has 2 aliphatic heterocycles. The smallest absolute Gasteiger partial charge is 0.414 e. The highest BCUT2D eigenvalue weighted by Gasteiger charge is 2.33. The van der Waals surface area contributed by atoms with Crippen LogP contribution in [0.25, 0.3) is 0 Å². The van der Waals surface area contributed by atoms with Gasteiger partial charge in [-0.25, -0.2) is 9.18 Å². The predicted octanol–water partition coefficient (Wildman–Crippen LogP) is 2.55. The summed E-state index contributed by atoms with van der Waals surface area (Å²) in [6, 6.07) is 9.97. The summed E-state index contributed by atoms with van der Waals surface area (Å²) in [4.78, 5) is 34.1. The molecule has 0 bridgehead atoms. The largest absolute Gasteiger partial charge is 0.442 e. The van der Waals surface area contributed by atoms with Gasteiger partial charge in [-0.1, -0.05) is 11.2 Å². The van der Waals surface area contributed by atoms with Crippen LogP contribution < -0.4 is 10.2 Å². The first-order valence-corrected chi connectivity index (χ1v) is 9.17. The van der Waals surface area contributed by atoms with Crippen LogP contribution in [0.5, 0.6) is 0 Å². The molecule has 0 saturated carbocycles. The number of oxime groups is 1. The normalized spacial score (nSPS) is 20.8. The summed E-state index contributed by atoms with van der Waals surface area (Å²) in [5.74, 6) is -0.719. The van der Waals surface area contributed by atoms with Gasteiger partial charge < -0.3 is 14.9 Å². The molecule has 1 unspecified atom stereocenters. The molecule has 2 aromatic rings. The minimum Gasteiger partial charge on any atom is -0.442 e. The Morgan fingerprint density at radius 2 is 2.21 bits per heavy atom. The van der Waals surface area contributed by atoms with Gasteiger partial charge in [0.1, 0.15) is 11.9 Å². The molecule has 0 spiro atoms. The van der Waals surface area contributed by atoms with Crippen molar-refractivity contribution < 1.29 is 23.6 Å². The fourth-order valence-corrected chi connectivity index (χ4v) is 3.26. The van der Waals surface area contributed by atoms with E-state index in [1.807, 2.05) is 18.2 Å². The highest BCUT2D eigenvalue weighted by Crippen LogP contribution is 2.31. The molecule has 1 saturated heterocycles. The standard InChI is InChI=1S/C20H19FN4O4/c1-12(26)23-10-14-11-25(20(27)28-14)13-5-6-15(16(21)8-13)18-9-19(29-24-18)17-4-2-3-7-22-17/h2-8,14,19H,9-11H2,1H3,(H,23,26)/t14-,19?/m0/s1. The fourth-order valence-electron chi connectivity index (χ4n) is 3.26. The highest BCUT2D eigenvalue weighted by atomic mass is 19.1. The molecule has 1 N–H and O–H groups in total. The lowest BCUT2D eigenvalue weighted by molar-refractivity contribution is -0.119. The molecule has 2 aliphatic rings. The maximum Gasteiger partial charge on any atom is 0.414 e. The number of ether oxygens (including phenoxy) is 1. The third-order valence-electron chi connectivity index (χ3n) is 4.71. The summed E-state index contributed by atoms with van der Waals surface area (Å²) < 4.78 is 20.0. The van der Waals surface area contributed by atoms with Gasteiger partial charge >= 0.3 is 6.09 Å². The van der Waals surface area contributed by atoms with Gasteiger partial charge in [-0.05, 0) is 30.3 Å². The molecule has 2 amide bonds. The molecule has 2 atom stereocenters. The van der Waals surface area contributed by atoms with Crippen LogP contribution in [0.2, 0.25) is 0 Å². The summed E-state index contributed by atoms with van der Waals surface area (Å²) in [6.45, 7) is 1.82. The zero-order valence-electron chi connectivity index (χ0n) is 15.7. The Bertz CT molecular complexity index is 966. The van der Waals surface area contributed by atoms with Gasteiger partial charge in [-0.3, -0.25) is 14.7 Å². The number of nitrogens with one attached hydrogen (secondary N) is 1. The first-order chi connectivity index (χ1) is 14.0. The summed E-state index contributed by atoms with van der Waals surface area (Å²) in [5, 5.41) is 6.61. The zero-order chi connectivity index (χ0) is 20.4. The van der Waals surface area contributed by atoms with E-state index in [4.69, 9.17) is 9.57 Å². The summed E-state index contributed by atoms with van der Waals surface area (Å²) in [5.41, 5.74) is 1.91. The number of hydrogen-bond acceptors (Lipinski definition) is 6. The number of amides is 2. The Morgan fingerprint density at radius 1 is 1.34 bits per heavy atom. The van der Waals surface area contributed by atoms with Crippen LogP contribution in [0, 0.1) is 5.82 Å². The SMILES string of the molecule is CC(=O)NC[C@H]1CN(c2ccc(C3=NOC(c4ccccn4)C3)c(F)c2)C(=O)O1. The Kier molecular flexibility index (Phi) is 5.11. The molecular weight excluding hydrogens is 379 g/mol. The highest BCUT2D eigenvalue weighted by molar-refractivity contribution is 6.02. The Balaban J connectivity index is 1.45. The van der Waals surface area contributed by atoms with Gasteiger partial charge in [-0.2, -0.15) is 0 Å². The summed E-state index contributed by atoms with van der Waals surface area (Å²) >= 11 is 0. The number of rotatable bonds is 5. The number of cyclic esters (lactones) is 1. The minimum absolute atomic E-state index is 0.210. The molecule has 8 nitrogen and oxygen atoms in total. The molecule has 1 aromatic heterocycles. The van der Waals surface area contributed by atoms with Crippen molar-refractivity contribution in [3.8, 4) is 0 Å². The van der Waals surface area contributed by atoms with Gasteiger partial charge in [0.25, 0.3) is 0 Å². The van der Waals surface area contributed by atoms with E-state index < -0.39 is 18.0 Å². The van der Waals surface area contributed by atoms with E-state index in [9.17, 15) is 14.0 Å². The van der Waals surface area contributed by atoms with Crippen molar-refractivity contribution in [3.05, 3.63) is 59.7 Å². The van der Waals surface area contributed by atoms with Crippen LogP contribution in [0.1, 0.15) is 30.7 Å². The van der Waals surface area contributed by atoms with Crippen LogP contribution in [-0.2, 0) is 14.4 Å². The van der Waals surface area contributed by atoms with E-state index in [1.165, 1.54) is 17.9 Å². The van der Waals surface area contributed by atoms with Gasteiger partial charge in [0.15, 0.2) is 6.10 Å². The van der Waals surface area contributed by atoms with Crippen LogP contribution in [0.15, 0.2) is 47.8 Å². The molecule has 150 valence electrons. The van der Waals surface area contributed by atoms with Gasteiger partial charge in [-0.15, -0.1) is 0 Å². The quantitative estimate of drug-likeness (QED) is 0.836. The maximum atomic E-state index is 14.8. The number of nitrogens with zero attached hydrogens (tertiary/aromatic N) is 3. The zero-order valence-corrected chi connectivity index (χ0v) is 15.7. The summed E-state index contributed by atoms with van der Waals surface area (Å²) in [6.07, 6.45) is 0.650. The second-order valence-corrected chi connectivity index (χ2v) is 6.81. The van der Waals surface area contributed by atoms with Crippen molar-refractivity contribution in [1.29, 1.82) is 0 Å². The van der Waals surface area contributed by atoms with Crippen LogP contribution in [0.4, 0.5) is 14.9 Å². The van der Waals surface area contributed by atoms with Crippen LogP contribution >= 0.6 is 0 Å². The van der Waals surface area contributed by atoms with E-state index in [1.54, 1.807) is 18.3 Å². The Morgan fingerprint density at radius 3 is 2.93 bits per heavy atom. The third kappa shape index (κ3) is 4.03. The minimum atomic E-state index is -0.579. The topological polar surface area (TPSA) is 93.1 Å². The van der Waals surface area contributed by atoms with Gasteiger partial charge in [0, 0.05) is 25.1 Å². The van der Waals surface area contributed by atoms with Crippen LogP contribution in [-0.4, -0.2) is 41.9 Å². The molecular formula is C20H19FN4O4. The second-order valence-electron chi connectivity index (χ2n) is 6.81.